The first-order valence-corrected chi connectivity index (χ1v) is 13.7. The van der Waals surface area contributed by atoms with Gasteiger partial charge >= 0.3 is 0 Å². The number of rotatable bonds is 12. The van der Waals surface area contributed by atoms with Crippen molar-refractivity contribution in [3.8, 4) is 23.0 Å². The number of carbonyl (C=O) groups is 1. The molecule has 1 N–H and O–H groups in total. The van der Waals surface area contributed by atoms with E-state index in [0.29, 0.717) is 22.8 Å². The fraction of sp³-hybridized carbons (Fsp3) is 0.133. The van der Waals surface area contributed by atoms with Crippen LogP contribution < -0.4 is 19.6 Å². The molecule has 9 nitrogen and oxygen atoms in total. The van der Waals surface area contributed by atoms with E-state index in [0.717, 1.165) is 9.87 Å². The predicted molar refractivity (Wildman–Crippen MR) is 152 cm³/mol. The summed E-state index contributed by atoms with van der Waals surface area (Å²) in [7, 11) is -1.21. The molecule has 0 bridgehead atoms. The van der Waals surface area contributed by atoms with Crippen LogP contribution in [0.25, 0.3) is 0 Å². The number of benzene rings is 4. The highest BCUT2D eigenvalue weighted by Gasteiger charge is 2.28. The van der Waals surface area contributed by atoms with Gasteiger partial charge in [0, 0.05) is 12.6 Å². The molecule has 0 atom stereocenters. The van der Waals surface area contributed by atoms with Crippen LogP contribution in [-0.2, 0) is 21.4 Å². The largest absolute Gasteiger partial charge is 0.493 e. The number of hydrogen-bond acceptors (Lipinski definition) is 7. The number of methoxy groups -OCH3 is 2. The number of nitrogens with zero attached hydrogens (tertiary/aromatic N) is 2. The number of sulfonamides is 1. The third-order valence-electron chi connectivity index (χ3n) is 5.75. The third-order valence-corrected chi connectivity index (χ3v) is 7.54. The topological polar surface area (TPSA) is 107 Å². The van der Waals surface area contributed by atoms with Crippen molar-refractivity contribution in [3.05, 3.63) is 114 Å². The van der Waals surface area contributed by atoms with Crippen molar-refractivity contribution >= 4 is 22.1 Å². The second kappa shape index (κ2) is 13.4. The van der Waals surface area contributed by atoms with E-state index in [1.54, 1.807) is 42.5 Å². The lowest BCUT2D eigenvalue weighted by Crippen LogP contribution is -2.39. The first-order valence-electron chi connectivity index (χ1n) is 12.3. The number of hydrazone groups is 1. The van der Waals surface area contributed by atoms with E-state index in [9.17, 15) is 13.2 Å². The summed E-state index contributed by atoms with van der Waals surface area (Å²) >= 11 is 0. The Morgan fingerprint density at radius 2 is 1.50 bits per heavy atom. The molecule has 0 aliphatic carbocycles. The molecule has 0 aliphatic rings. The van der Waals surface area contributed by atoms with Crippen molar-refractivity contribution < 1.29 is 27.4 Å². The molecule has 0 aliphatic heterocycles. The minimum atomic E-state index is -4.10. The highest BCUT2D eigenvalue weighted by molar-refractivity contribution is 7.89. The molecule has 10 heteroatoms. The highest BCUT2D eigenvalue weighted by Crippen LogP contribution is 2.31. The minimum absolute atomic E-state index is 0.0203. The van der Waals surface area contributed by atoms with Gasteiger partial charge in [-0.3, -0.25) is 4.79 Å². The molecular weight excluding hydrogens is 530 g/mol. The standard InChI is InChI=1S/C30H29N3O6S/c1-37-28-17-16-27(19-29(28)38-2)40(35,36)33(21-23-10-5-3-6-11-23)22-30(34)32-31-20-24-12-9-15-26(18-24)39-25-13-7-4-8-14-25/h3-20H,21-22H2,1-2H3,(H,32,34)/b31-20-. The Kier molecular flexibility index (Phi) is 9.50. The van der Waals surface area contributed by atoms with Gasteiger partial charge < -0.3 is 14.2 Å². The van der Waals surface area contributed by atoms with E-state index in [2.05, 4.69) is 10.5 Å². The Balaban J connectivity index is 1.49. The summed E-state index contributed by atoms with van der Waals surface area (Å²) in [4.78, 5) is 12.8. The van der Waals surface area contributed by atoms with Gasteiger partial charge in [-0.1, -0.05) is 60.7 Å². The zero-order valence-corrected chi connectivity index (χ0v) is 22.9. The van der Waals surface area contributed by atoms with Crippen LogP contribution in [0, 0.1) is 0 Å². The van der Waals surface area contributed by atoms with E-state index in [1.165, 1.54) is 38.6 Å². The molecule has 0 spiro atoms. The van der Waals surface area contributed by atoms with Gasteiger partial charge in [-0.05, 0) is 47.5 Å². The molecule has 206 valence electrons. The van der Waals surface area contributed by atoms with Crippen molar-refractivity contribution in [2.24, 2.45) is 5.10 Å². The zero-order chi connectivity index (χ0) is 28.4. The molecule has 0 saturated heterocycles. The lowest BCUT2D eigenvalue weighted by atomic mass is 10.2. The lowest BCUT2D eigenvalue weighted by Gasteiger charge is -2.22. The second-order valence-corrected chi connectivity index (χ2v) is 10.5. The molecule has 0 fully saturated rings. The van der Waals surface area contributed by atoms with Crippen LogP contribution in [-0.4, -0.2) is 45.6 Å². The van der Waals surface area contributed by atoms with Crippen molar-refractivity contribution in [1.29, 1.82) is 0 Å². The Bertz CT molecular complexity index is 1560. The average Bonchev–Trinajstić information content (AvgIpc) is 2.97. The molecule has 0 unspecified atom stereocenters. The molecule has 0 radical (unpaired) electrons. The first-order chi connectivity index (χ1) is 19.4. The van der Waals surface area contributed by atoms with E-state index in [1.807, 2.05) is 42.5 Å². The van der Waals surface area contributed by atoms with Crippen LogP contribution in [0.5, 0.6) is 23.0 Å². The summed E-state index contributed by atoms with van der Waals surface area (Å²) < 4.78 is 44.6. The van der Waals surface area contributed by atoms with Crippen molar-refractivity contribution in [1.82, 2.24) is 9.73 Å². The summed E-state index contributed by atoms with van der Waals surface area (Å²) in [6.07, 6.45) is 1.46. The minimum Gasteiger partial charge on any atom is -0.493 e. The number of hydrogen-bond donors (Lipinski definition) is 1. The van der Waals surface area contributed by atoms with Gasteiger partial charge in [-0.2, -0.15) is 9.41 Å². The molecule has 4 aromatic rings. The van der Waals surface area contributed by atoms with Crippen LogP contribution in [0.4, 0.5) is 0 Å². The Morgan fingerprint density at radius 1 is 0.825 bits per heavy atom. The van der Waals surface area contributed by atoms with Crippen LogP contribution in [0.1, 0.15) is 11.1 Å². The van der Waals surface area contributed by atoms with Crippen LogP contribution in [0.2, 0.25) is 0 Å². The normalized spacial score (nSPS) is 11.4. The van der Waals surface area contributed by atoms with Gasteiger partial charge in [0.15, 0.2) is 11.5 Å². The maximum atomic E-state index is 13.6. The van der Waals surface area contributed by atoms with Crippen molar-refractivity contribution in [2.45, 2.75) is 11.4 Å². The van der Waals surface area contributed by atoms with E-state index in [4.69, 9.17) is 14.2 Å². The summed E-state index contributed by atoms with van der Waals surface area (Å²) in [5.74, 6) is 1.35. The van der Waals surface area contributed by atoms with Gasteiger partial charge in [0.1, 0.15) is 11.5 Å². The summed E-state index contributed by atoms with van der Waals surface area (Å²) in [5, 5.41) is 4.02. The molecular formula is C30H29N3O6S. The van der Waals surface area contributed by atoms with Gasteiger partial charge in [-0.25, -0.2) is 13.8 Å². The summed E-state index contributed by atoms with van der Waals surface area (Å²) in [5.41, 5.74) is 3.83. The molecule has 0 aromatic heterocycles. The number of para-hydroxylation sites is 1. The number of carbonyl (C=O) groups excluding carboxylic acids is 1. The number of amides is 1. The first kappa shape index (κ1) is 28.3. The molecule has 40 heavy (non-hydrogen) atoms. The second-order valence-electron chi connectivity index (χ2n) is 8.56. The van der Waals surface area contributed by atoms with E-state index >= 15 is 0 Å². The Labute approximate surface area is 233 Å². The van der Waals surface area contributed by atoms with Gasteiger partial charge in [-0.15, -0.1) is 0 Å². The van der Waals surface area contributed by atoms with Gasteiger partial charge in [0.2, 0.25) is 10.0 Å². The average molecular weight is 560 g/mol. The van der Waals surface area contributed by atoms with Gasteiger partial charge in [0.25, 0.3) is 5.91 Å². The summed E-state index contributed by atoms with van der Waals surface area (Å²) in [6, 6.07) is 29.8. The van der Waals surface area contributed by atoms with E-state index < -0.39 is 22.5 Å². The predicted octanol–water partition coefficient (Wildman–Crippen LogP) is 4.84. The van der Waals surface area contributed by atoms with Crippen molar-refractivity contribution in [3.63, 3.8) is 0 Å². The smallest absolute Gasteiger partial charge is 0.255 e. The zero-order valence-electron chi connectivity index (χ0n) is 22.1. The maximum Gasteiger partial charge on any atom is 0.255 e. The number of ether oxygens (including phenoxy) is 3. The SMILES string of the molecule is COc1ccc(S(=O)(=O)N(CC(=O)N/N=C\c2cccc(Oc3ccccc3)c2)Cc2ccccc2)cc1OC. The van der Waals surface area contributed by atoms with Crippen LogP contribution >= 0.6 is 0 Å². The Hall–Kier alpha value is -4.67. The molecule has 0 saturated carbocycles. The maximum absolute atomic E-state index is 13.6. The molecule has 4 rings (SSSR count). The monoisotopic (exact) mass is 559 g/mol. The van der Waals surface area contributed by atoms with Crippen LogP contribution in [0.15, 0.2) is 113 Å². The molecule has 1 amide bonds. The molecule has 4 aromatic carbocycles. The van der Waals surface area contributed by atoms with Crippen molar-refractivity contribution in [2.75, 3.05) is 20.8 Å². The van der Waals surface area contributed by atoms with E-state index in [-0.39, 0.29) is 17.2 Å². The quantitative estimate of drug-likeness (QED) is 0.197. The van der Waals surface area contributed by atoms with Gasteiger partial charge in [0.05, 0.1) is 31.9 Å². The molecule has 0 heterocycles. The van der Waals surface area contributed by atoms with Crippen LogP contribution in [0.3, 0.4) is 0 Å². The highest BCUT2D eigenvalue weighted by atomic mass is 32.2. The lowest BCUT2D eigenvalue weighted by molar-refractivity contribution is -0.121. The Morgan fingerprint density at radius 3 is 2.20 bits per heavy atom. The fourth-order valence-corrected chi connectivity index (χ4v) is 5.20. The summed E-state index contributed by atoms with van der Waals surface area (Å²) in [6.45, 7) is -0.479. The fourth-order valence-electron chi connectivity index (χ4n) is 3.80. The number of nitrogens with one attached hydrogen (secondary N) is 1. The third kappa shape index (κ3) is 7.46.